The lowest BCUT2D eigenvalue weighted by molar-refractivity contribution is -0.0855. The summed E-state index contributed by atoms with van der Waals surface area (Å²) in [7, 11) is 0. The first kappa shape index (κ1) is 12.8. The molecule has 0 saturated carbocycles. The lowest BCUT2D eigenvalue weighted by Gasteiger charge is -2.31. The third-order valence-corrected chi connectivity index (χ3v) is 2.92. The molecule has 1 saturated heterocycles. The molecule has 1 aromatic heterocycles. The van der Waals surface area contributed by atoms with Gasteiger partial charge >= 0.3 is 5.97 Å². The predicted molar refractivity (Wildman–Crippen MR) is 67.1 cm³/mol. The molecule has 5 nitrogen and oxygen atoms in total. The third kappa shape index (κ3) is 3.20. The third-order valence-electron chi connectivity index (χ3n) is 2.92. The number of nitrogens with two attached hydrogens (primary N) is 1. The van der Waals surface area contributed by atoms with E-state index >= 15 is 0 Å². The van der Waals surface area contributed by atoms with Crippen LogP contribution in [0.4, 0.5) is 5.69 Å². The molecule has 5 heteroatoms. The summed E-state index contributed by atoms with van der Waals surface area (Å²) in [5.74, 6) is -0.374. The van der Waals surface area contributed by atoms with E-state index in [4.69, 9.17) is 15.2 Å². The van der Waals surface area contributed by atoms with Crippen molar-refractivity contribution >= 4 is 11.7 Å². The van der Waals surface area contributed by atoms with Crippen molar-refractivity contribution in [3.05, 3.63) is 24.0 Å². The quantitative estimate of drug-likeness (QED) is 0.810. The Hall–Kier alpha value is -1.62. The molecule has 1 aliphatic rings. The van der Waals surface area contributed by atoms with Gasteiger partial charge in [0, 0.05) is 25.2 Å². The number of pyridine rings is 1. The van der Waals surface area contributed by atoms with Crippen molar-refractivity contribution in [2.45, 2.75) is 45.0 Å². The van der Waals surface area contributed by atoms with E-state index in [1.54, 1.807) is 6.07 Å². The molecular weight excluding hydrogens is 232 g/mol. The number of nitrogens with zero attached hydrogens (tertiary/aromatic N) is 1. The highest BCUT2D eigenvalue weighted by Crippen LogP contribution is 2.22. The molecule has 0 bridgehead atoms. The average Bonchev–Trinajstić information content (AvgIpc) is 2.27. The summed E-state index contributed by atoms with van der Waals surface area (Å²) in [6.45, 7) is 3.97. The molecule has 2 rings (SSSR count). The predicted octanol–water partition coefficient (Wildman–Crippen LogP) is 1.78. The van der Waals surface area contributed by atoms with Crippen LogP contribution in [0.15, 0.2) is 18.5 Å². The molecule has 0 spiro atoms. The Balaban J connectivity index is 1.99. The summed E-state index contributed by atoms with van der Waals surface area (Å²) < 4.78 is 11.1. The number of esters is 1. The lowest BCUT2D eigenvalue weighted by atomic mass is 10.0. The second kappa shape index (κ2) is 5.35. The van der Waals surface area contributed by atoms with Crippen molar-refractivity contribution in [3.8, 4) is 0 Å². The summed E-state index contributed by atoms with van der Waals surface area (Å²) in [4.78, 5) is 15.8. The van der Waals surface area contributed by atoms with Crippen molar-refractivity contribution in [3.63, 3.8) is 0 Å². The highest BCUT2D eigenvalue weighted by molar-refractivity contribution is 5.90. The van der Waals surface area contributed by atoms with Crippen LogP contribution in [0, 0.1) is 0 Å². The number of hydrogen-bond acceptors (Lipinski definition) is 5. The molecule has 0 amide bonds. The molecule has 0 aliphatic carbocycles. The fourth-order valence-corrected chi connectivity index (χ4v) is 2.23. The first-order valence-corrected chi connectivity index (χ1v) is 6.11. The maximum atomic E-state index is 11.9. The van der Waals surface area contributed by atoms with E-state index in [9.17, 15) is 4.79 Å². The van der Waals surface area contributed by atoms with E-state index in [1.165, 1.54) is 12.4 Å². The number of aromatic nitrogens is 1. The SMILES string of the molecule is CC1CC(OC(=O)c2cncc(N)c2)CC(C)O1. The van der Waals surface area contributed by atoms with Gasteiger partial charge in [0.15, 0.2) is 0 Å². The zero-order valence-corrected chi connectivity index (χ0v) is 10.6. The minimum atomic E-state index is -0.374. The van der Waals surface area contributed by atoms with Crippen molar-refractivity contribution in [2.75, 3.05) is 5.73 Å². The highest BCUT2D eigenvalue weighted by atomic mass is 16.6. The van der Waals surface area contributed by atoms with Crippen molar-refractivity contribution in [1.82, 2.24) is 4.98 Å². The summed E-state index contributed by atoms with van der Waals surface area (Å²) in [6, 6.07) is 1.57. The Morgan fingerprint density at radius 3 is 2.67 bits per heavy atom. The van der Waals surface area contributed by atoms with Crippen LogP contribution in [0.25, 0.3) is 0 Å². The Kier molecular flexibility index (Phi) is 3.81. The Bertz CT molecular complexity index is 426. The average molecular weight is 250 g/mol. The topological polar surface area (TPSA) is 74.4 Å². The first-order valence-electron chi connectivity index (χ1n) is 6.11. The Morgan fingerprint density at radius 2 is 2.06 bits per heavy atom. The first-order chi connectivity index (χ1) is 8.54. The van der Waals surface area contributed by atoms with Crippen LogP contribution in [0.2, 0.25) is 0 Å². The fourth-order valence-electron chi connectivity index (χ4n) is 2.23. The van der Waals surface area contributed by atoms with Crippen LogP contribution >= 0.6 is 0 Å². The van der Waals surface area contributed by atoms with E-state index in [0.29, 0.717) is 11.3 Å². The van der Waals surface area contributed by atoms with Gasteiger partial charge in [-0.05, 0) is 19.9 Å². The van der Waals surface area contributed by atoms with E-state index in [1.807, 2.05) is 13.8 Å². The number of rotatable bonds is 2. The molecule has 18 heavy (non-hydrogen) atoms. The summed E-state index contributed by atoms with van der Waals surface area (Å²) in [5, 5.41) is 0. The van der Waals surface area contributed by atoms with Crippen molar-refractivity contribution in [1.29, 1.82) is 0 Å². The minimum absolute atomic E-state index is 0.0994. The number of nitrogen functional groups attached to an aromatic ring is 1. The van der Waals surface area contributed by atoms with E-state index < -0.39 is 0 Å². The van der Waals surface area contributed by atoms with Gasteiger partial charge in [0.05, 0.1) is 23.5 Å². The zero-order chi connectivity index (χ0) is 13.1. The van der Waals surface area contributed by atoms with Crippen LogP contribution in [0.3, 0.4) is 0 Å². The molecule has 2 atom stereocenters. The van der Waals surface area contributed by atoms with Gasteiger partial charge in [-0.2, -0.15) is 0 Å². The number of carbonyl (C=O) groups is 1. The fraction of sp³-hybridized carbons (Fsp3) is 0.538. The molecule has 1 aliphatic heterocycles. The maximum absolute atomic E-state index is 11.9. The molecule has 0 aromatic carbocycles. The van der Waals surface area contributed by atoms with Crippen LogP contribution in [0.5, 0.6) is 0 Å². The van der Waals surface area contributed by atoms with Crippen LogP contribution in [-0.2, 0) is 9.47 Å². The molecule has 2 N–H and O–H groups in total. The van der Waals surface area contributed by atoms with E-state index in [-0.39, 0.29) is 24.3 Å². The van der Waals surface area contributed by atoms with Gasteiger partial charge in [-0.15, -0.1) is 0 Å². The smallest absolute Gasteiger partial charge is 0.340 e. The molecule has 2 heterocycles. The van der Waals surface area contributed by atoms with Gasteiger partial charge in [-0.1, -0.05) is 0 Å². The highest BCUT2D eigenvalue weighted by Gasteiger charge is 2.27. The standard InChI is InChI=1S/C13H18N2O3/c1-8-3-12(4-9(2)17-8)18-13(16)10-5-11(14)7-15-6-10/h5-9,12H,3-4,14H2,1-2H3. The van der Waals surface area contributed by atoms with Gasteiger partial charge in [-0.25, -0.2) is 4.79 Å². The molecule has 1 fully saturated rings. The normalized spacial score (nSPS) is 27.8. The molecule has 98 valence electrons. The minimum Gasteiger partial charge on any atom is -0.459 e. The van der Waals surface area contributed by atoms with Gasteiger partial charge < -0.3 is 15.2 Å². The number of hydrogen-bond donors (Lipinski definition) is 1. The lowest BCUT2D eigenvalue weighted by Crippen LogP contribution is -2.35. The van der Waals surface area contributed by atoms with E-state index in [0.717, 1.165) is 12.8 Å². The molecule has 1 aromatic rings. The van der Waals surface area contributed by atoms with Gasteiger partial charge in [0.1, 0.15) is 6.10 Å². The van der Waals surface area contributed by atoms with Gasteiger partial charge in [-0.3, -0.25) is 4.98 Å². The largest absolute Gasteiger partial charge is 0.459 e. The summed E-state index contributed by atoms with van der Waals surface area (Å²) in [6.07, 6.45) is 4.55. The monoisotopic (exact) mass is 250 g/mol. The van der Waals surface area contributed by atoms with Gasteiger partial charge in [0.2, 0.25) is 0 Å². The van der Waals surface area contributed by atoms with Crippen molar-refractivity contribution < 1.29 is 14.3 Å². The molecule has 2 unspecified atom stereocenters. The van der Waals surface area contributed by atoms with Crippen LogP contribution in [-0.4, -0.2) is 29.3 Å². The number of anilines is 1. The summed E-state index contributed by atoms with van der Waals surface area (Å²) in [5.41, 5.74) is 6.43. The second-order valence-corrected chi connectivity index (χ2v) is 4.76. The maximum Gasteiger partial charge on any atom is 0.340 e. The zero-order valence-electron chi connectivity index (χ0n) is 10.6. The Labute approximate surface area is 106 Å². The Morgan fingerprint density at radius 1 is 1.39 bits per heavy atom. The molecule has 0 radical (unpaired) electrons. The van der Waals surface area contributed by atoms with Crippen LogP contribution in [0.1, 0.15) is 37.0 Å². The second-order valence-electron chi connectivity index (χ2n) is 4.76. The van der Waals surface area contributed by atoms with Crippen LogP contribution < -0.4 is 5.73 Å². The molecular formula is C13H18N2O3. The van der Waals surface area contributed by atoms with Gasteiger partial charge in [0.25, 0.3) is 0 Å². The van der Waals surface area contributed by atoms with Crippen molar-refractivity contribution in [2.24, 2.45) is 0 Å². The summed E-state index contributed by atoms with van der Waals surface area (Å²) >= 11 is 0. The van der Waals surface area contributed by atoms with E-state index in [2.05, 4.69) is 4.98 Å². The number of carbonyl (C=O) groups excluding carboxylic acids is 1. The number of ether oxygens (including phenoxy) is 2.